The summed E-state index contributed by atoms with van der Waals surface area (Å²) in [6, 6.07) is 5.35. The quantitative estimate of drug-likeness (QED) is 0.859. The van der Waals surface area contributed by atoms with Crippen molar-refractivity contribution < 1.29 is 26.4 Å². The van der Waals surface area contributed by atoms with E-state index in [-0.39, 0.29) is 11.4 Å². The molecule has 0 radical (unpaired) electrons. The first-order valence-corrected chi connectivity index (χ1v) is 7.08. The number of sulfonamides is 1. The summed E-state index contributed by atoms with van der Waals surface area (Å²) in [5.41, 5.74) is 0.553. The van der Waals surface area contributed by atoms with E-state index in [4.69, 9.17) is 5.14 Å². The zero-order chi connectivity index (χ0) is 15.4. The van der Waals surface area contributed by atoms with Crippen LogP contribution in [0.25, 0.3) is 0 Å². The molecule has 0 saturated carbocycles. The molecule has 1 amide bonds. The van der Waals surface area contributed by atoms with Crippen molar-refractivity contribution in [2.45, 2.75) is 30.5 Å². The number of carbonyl (C=O) groups is 1. The second-order valence-electron chi connectivity index (χ2n) is 4.08. The molecule has 0 aliphatic rings. The van der Waals surface area contributed by atoms with Gasteiger partial charge in [0.15, 0.2) is 0 Å². The number of nitrogens with one attached hydrogen (secondary N) is 1. The standard InChI is InChI=1S/C11H13F3N2O3S/c12-11(13,14)6-5-10(17)16-7-8-1-3-9(4-2-8)20(15,18)19/h1-4H,5-7H2,(H,16,17)(H2,15,18,19). The van der Waals surface area contributed by atoms with Gasteiger partial charge in [0, 0.05) is 13.0 Å². The third-order valence-corrected chi connectivity index (χ3v) is 3.31. The summed E-state index contributed by atoms with van der Waals surface area (Å²) < 4.78 is 57.6. The number of benzene rings is 1. The molecule has 112 valence electrons. The Kier molecular flexibility index (Phi) is 5.12. The van der Waals surface area contributed by atoms with E-state index in [9.17, 15) is 26.4 Å². The molecule has 0 heterocycles. The lowest BCUT2D eigenvalue weighted by molar-refractivity contribution is -0.144. The molecule has 1 aromatic rings. The van der Waals surface area contributed by atoms with E-state index in [1.54, 1.807) is 0 Å². The number of halogens is 3. The summed E-state index contributed by atoms with van der Waals surface area (Å²) in [6.07, 6.45) is -6.18. The summed E-state index contributed by atoms with van der Waals surface area (Å²) >= 11 is 0. The second kappa shape index (κ2) is 6.23. The van der Waals surface area contributed by atoms with E-state index in [1.807, 2.05) is 0 Å². The third kappa shape index (κ3) is 6.02. The Morgan fingerprint density at radius 1 is 1.20 bits per heavy atom. The van der Waals surface area contributed by atoms with Crippen LogP contribution in [-0.2, 0) is 21.4 Å². The minimum absolute atomic E-state index is 0.0155. The van der Waals surface area contributed by atoms with E-state index in [2.05, 4.69) is 5.32 Å². The maximum Gasteiger partial charge on any atom is 0.389 e. The summed E-state index contributed by atoms with van der Waals surface area (Å²) in [5, 5.41) is 7.22. The molecule has 9 heteroatoms. The Balaban J connectivity index is 2.48. The molecule has 3 N–H and O–H groups in total. The highest BCUT2D eigenvalue weighted by Gasteiger charge is 2.27. The first kappa shape index (κ1) is 16.4. The molecule has 0 atom stereocenters. The van der Waals surface area contributed by atoms with Crippen molar-refractivity contribution in [1.82, 2.24) is 5.32 Å². The summed E-state index contributed by atoms with van der Waals surface area (Å²) in [5.74, 6) is -0.724. The molecule has 0 unspecified atom stereocenters. The van der Waals surface area contributed by atoms with Gasteiger partial charge in [0.1, 0.15) is 0 Å². The van der Waals surface area contributed by atoms with Crippen molar-refractivity contribution in [3.8, 4) is 0 Å². The van der Waals surface area contributed by atoms with Gasteiger partial charge >= 0.3 is 6.18 Å². The Labute approximate surface area is 114 Å². The van der Waals surface area contributed by atoms with Crippen molar-refractivity contribution in [3.05, 3.63) is 29.8 Å². The molecule has 0 aromatic heterocycles. The van der Waals surface area contributed by atoms with Gasteiger partial charge in [-0.25, -0.2) is 13.6 Å². The molecular formula is C11H13F3N2O3S. The number of hydrogen-bond donors (Lipinski definition) is 2. The fraction of sp³-hybridized carbons (Fsp3) is 0.364. The maximum atomic E-state index is 11.9. The Hall–Kier alpha value is -1.61. The fourth-order valence-electron chi connectivity index (χ4n) is 1.34. The highest BCUT2D eigenvalue weighted by Crippen LogP contribution is 2.21. The molecule has 5 nitrogen and oxygen atoms in total. The van der Waals surface area contributed by atoms with Gasteiger partial charge < -0.3 is 5.32 Å². The Morgan fingerprint density at radius 3 is 2.20 bits per heavy atom. The number of hydrogen-bond acceptors (Lipinski definition) is 3. The number of rotatable bonds is 5. The van der Waals surface area contributed by atoms with Crippen LogP contribution in [0, 0.1) is 0 Å². The summed E-state index contributed by atoms with van der Waals surface area (Å²) in [7, 11) is -3.79. The van der Waals surface area contributed by atoms with Gasteiger partial charge in [-0.2, -0.15) is 13.2 Å². The minimum atomic E-state index is -4.37. The second-order valence-corrected chi connectivity index (χ2v) is 5.64. The zero-order valence-electron chi connectivity index (χ0n) is 10.3. The maximum absolute atomic E-state index is 11.9. The minimum Gasteiger partial charge on any atom is -0.352 e. The van der Waals surface area contributed by atoms with Gasteiger partial charge in [-0.1, -0.05) is 12.1 Å². The van der Waals surface area contributed by atoms with Crippen LogP contribution in [0.15, 0.2) is 29.2 Å². The van der Waals surface area contributed by atoms with Crippen LogP contribution in [0.5, 0.6) is 0 Å². The summed E-state index contributed by atoms with van der Waals surface area (Å²) in [4.78, 5) is 11.1. The fourth-order valence-corrected chi connectivity index (χ4v) is 1.86. The van der Waals surface area contributed by atoms with E-state index >= 15 is 0 Å². The van der Waals surface area contributed by atoms with Crippen LogP contribution in [0.3, 0.4) is 0 Å². The predicted molar refractivity (Wildman–Crippen MR) is 65.0 cm³/mol. The van der Waals surface area contributed by atoms with Gasteiger partial charge in [0.25, 0.3) is 0 Å². The van der Waals surface area contributed by atoms with E-state index in [0.29, 0.717) is 5.56 Å². The average molecular weight is 310 g/mol. The monoisotopic (exact) mass is 310 g/mol. The lowest BCUT2D eigenvalue weighted by atomic mass is 10.2. The molecule has 1 aromatic carbocycles. The molecule has 0 bridgehead atoms. The van der Waals surface area contributed by atoms with E-state index in [1.165, 1.54) is 24.3 Å². The number of primary sulfonamides is 1. The largest absolute Gasteiger partial charge is 0.389 e. The molecule has 0 spiro atoms. The number of nitrogens with two attached hydrogens (primary N) is 1. The predicted octanol–water partition coefficient (Wildman–Crippen LogP) is 1.29. The number of amides is 1. The molecular weight excluding hydrogens is 297 g/mol. The van der Waals surface area contributed by atoms with Crippen molar-refractivity contribution in [2.75, 3.05) is 0 Å². The van der Waals surface area contributed by atoms with Crippen LogP contribution >= 0.6 is 0 Å². The SMILES string of the molecule is NS(=O)(=O)c1ccc(CNC(=O)CCC(F)(F)F)cc1. The first-order valence-electron chi connectivity index (χ1n) is 5.53. The Morgan fingerprint density at radius 2 is 1.75 bits per heavy atom. The van der Waals surface area contributed by atoms with Crippen LogP contribution < -0.4 is 10.5 Å². The topological polar surface area (TPSA) is 89.3 Å². The van der Waals surface area contributed by atoms with Gasteiger partial charge in [-0.05, 0) is 17.7 Å². The first-order chi connectivity index (χ1) is 9.08. The van der Waals surface area contributed by atoms with E-state index in [0.717, 1.165) is 0 Å². The number of carbonyl (C=O) groups excluding carboxylic acids is 1. The van der Waals surface area contributed by atoms with Crippen LogP contribution in [-0.4, -0.2) is 20.5 Å². The molecule has 1 rings (SSSR count). The molecule has 0 saturated heterocycles. The molecule has 0 fully saturated rings. The highest BCUT2D eigenvalue weighted by molar-refractivity contribution is 7.89. The number of alkyl halides is 3. The van der Waals surface area contributed by atoms with Gasteiger partial charge in [-0.15, -0.1) is 0 Å². The zero-order valence-corrected chi connectivity index (χ0v) is 11.1. The normalized spacial score (nSPS) is 12.2. The van der Waals surface area contributed by atoms with Gasteiger partial charge in [0.2, 0.25) is 15.9 Å². The van der Waals surface area contributed by atoms with Crippen molar-refractivity contribution >= 4 is 15.9 Å². The molecule has 0 aliphatic carbocycles. The molecule has 20 heavy (non-hydrogen) atoms. The highest BCUT2D eigenvalue weighted by atomic mass is 32.2. The van der Waals surface area contributed by atoms with Gasteiger partial charge in [-0.3, -0.25) is 4.79 Å². The van der Waals surface area contributed by atoms with Crippen LogP contribution in [0.1, 0.15) is 18.4 Å². The lowest BCUT2D eigenvalue weighted by Gasteiger charge is -2.08. The lowest BCUT2D eigenvalue weighted by Crippen LogP contribution is -2.24. The van der Waals surface area contributed by atoms with E-state index < -0.39 is 34.9 Å². The van der Waals surface area contributed by atoms with Crippen molar-refractivity contribution in [3.63, 3.8) is 0 Å². The van der Waals surface area contributed by atoms with Crippen LogP contribution in [0.2, 0.25) is 0 Å². The van der Waals surface area contributed by atoms with Crippen molar-refractivity contribution in [2.24, 2.45) is 5.14 Å². The third-order valence-electron chi connectivity index (χ3n) is 2.38. The van der Waals surface area contributed by atoms with Crippen molar-refractivity contribution in [1.29, 1.82) is 0 Å². The van der Waals surface area contributed by atoms with Gasteiger partial charge in [0.05, 0.1) is 11.3 Å². The molecule has 0 aliphatic heterocycles. The average Bonchev–Trinajstić information content (AvgIpc) is 2.32. The Bertz CT molecular complexity index is 568. The summed E-state index contributed by atoms with van der Waals surface area (Å²) in [6.45, 7) is 0.0155. The smallest absolute Gasteiger partial charge is 0.352 e. The van der Waals surface area contributed by atoms with Crippen LogP contribution in [0.4, 0.5) is 13.2 Å².